The van der Waals surface area contributed by atoms with Gasteiger partial charge >= 0.3 is 0 Å². The fraction of sp³-hybridized carbons (Fsp3) is 0.625. The molecule has 1 heterocycles. The van der Waals surface area contributed by atoms with Crippen LogP contribution in [0.4, 0.5) is 0 Å². The summed E-state index contributed by atoms with van der Waals surface area (Å²) in [6, 6.07) is 9.63. The molecule has 2 nitrogen and oxygen atoms in total. The topological polar surface area (TPSA) is 15.3 Å². The van der Waals surface area contributed by atoms with Crippen LogP contribution in [0, 0.1) is 9.49 Å². The van der Waals surface area contributed by atoms with Gasteiger partial charge in [0.2, 0.25) is 0 Å². The molecule has 1 saturated heterocycles. The quantitative estimate of drug-likeness (QED) is 0.794. The number of piperazine rings is 1. The van der Waals surface area contributed by atoms with Crippen molar-refractivity contribution in [3.63, 3.8) is 0 Å². The monoisotopic (exact) mass is 372 g/mol. The molecule has 1 aromatic rings. The Hall–Kier alpha value is -0.130. The summed E-state index contributed by atoms with van der Waals surface area (Å²) in [5.74, 6) is 0.785. The number of benzene rings is 1. The van der Waals surface area contributed by atoms with Gasteiger partial charge in [-0.1, -0.05) is 26.0 Å². The van der Waals surface area contributed by atoms with Crippen LogP contribution in [0.25, 0.3) is 0 Å². The van der Waals surface area contributed by atoms with Gasteiger partial charge in [-0.2, -0.15) is 0 Å². The van der Waals surface area contributed by atoms with Crippen molar-refractivity contribution in [2.24, 2.45) is 5.92 Å². The zero-order chi connectivity index (χ0) is 13.7. The first-order valence-corrected chi connectivity index (χ1v) is 8.45. The van der Waals surface area contributed by atoms with Crippen molar-refractivity contribution >= 4 is 22.6 Å². The third-order valence-corrected chi connectivity index (χ3v) is 4.51. The lowest BCUT2D eigenvalue weighted by Crippen LogP contribution is -2.45. The van der Waals surface area contributed by atoms with Crippen LogP contribution in [-0.2, 0) is 0 Å². The molecule has 0 radical (unpaired) electrons. The molecule has 1 aromatic carbocycles. The lowest BCUT2D eigenvalue weighted by Gasteiger charge is -2.35. The van der Waals surface area contributed by atoms with Crippen LogP contribution in [0.5, 0.6) is 0 Å². The maximum absolute atomic E-state index is 3.45. The van der Waals surface area contributed by atoms with E-state index in [4.69, 9.17) is 0 Å². The van der Waals surface area contributed by atoms with Crippen molar-refractivity contribution in [1.82, 2.24) is 10.2 Å². The van der Waals surface area contributed by atoms with Crippen molar-refractivity contribution in [2.75, 3.05) is 26.2 Å². The Kier molecular flexibility index (Phi) is 6.10. The Labute approximate surface area is 131 Å². The van der Waals surface area contributed by atoms with Gasteiger partial charge in [0.15, 0.2) is 0 Å². The van der Waals surface area contributed by atoms with Gasteiger partial charge in [0.1, 0.15) is 0 Å². The van der Waals surface area contributed by atoms with Crippen molar-refractivity contribution < 1.29 is 0 Å². The van der Waals surface area contributed by atoms with Gasteiger partial charge in [-0.05, 0) is 59.0 Å². The maximum Gasteiger partial charge on any atom is 0.0349 e. The second kappa shape index (κ2) is 7.60. The molecule has 3 heteroatoms. The van der Waals surface area contributed by atoms with Gasteiger partial charge < -0.3 is 5.32 Å². The SMILES string of the molecule is CC(C)CC[C@H](c1cccc(I)c1)N1CCNCC1. The molecule has 1 atom stereocenters. The third-order valence-electron chi connectivity index (χ3n) is 3.84. The molecular weight excluding hydrogens is 347 g/mol. The van der Waals surface area contributed by atoms with Crippen LogP contribution >= 0.6 is 22.6 Å². The van der Waals surface area contributed by atoms with Crippen LogP contribution in [0.1, 0.15) is 38.3 Å². The van der Waals surface area contributed by atoms with Crippen molar-refractivity contribution in [2.45, 2.75) is 32.7 Å². The molecule has 0 bridgehead atoms. The summed E-state index contributed by atoms with van der Waals surface area (Å²) in [7, 11) is 0. The molecule has 0 saturated carbocycles. The third kappa shape index (κ3) is 4.72. The van der Waals surface area contributed by atoms with Crippen LogP contribution in [0.2, 0.25) is 0 Å². The summed E-state index contributed by atoms with van der Waals surface area (Å²) in [5, 5.41) is 3.45. The highest BCUT2D eigenvalue weighted by Crippen LogP contribution is 2.28. The van der Waals surface area contributed by atoms with Gasteiger partial charge in [0.05, 0.1) is 0 Å². The van der Waals surface area contributed by atoms with Crippen molar-refractivity contribution in [3.8, 4) is 0 Å². The number of nitrogens with one attached hydrogen (secondary N) is 1. The van der Waals surface area contributed by atoms with Crippen molar-refractivity contribution in [3.05, 3.63) is 33.4 Å². The van der Waals surface area contributed by atoms with Gasteiger partial charge in [-0.3, -0.25) is 4.90 Å². The van der Waals surface area contributed by atoms with Crippen LogP contribution in [0.15, 0.2) is 24.3 Å². The summed E-state index contributed by atoms with van der Waals surface area (Å²) < 4.78 is 1.35. The molecule has 0 amide bonds. The average Bonchev–Trinajstić information content (AvgIpc) is 2.40. The summed E-state index contributed by atoms with van der Waals surface area (Å²) >= 11 is 2.42. The first kappa shape index (κ1) is 15.3. The van der Waals surface area contributed by atoms with E-state index in [1.54, 1.807) is 0 Å². The van der Waals surface area contributed by atoms with E-state index in [1.807, 2.05) is 0 Å². The number of hydrogen-bond donors (Lipinski definition) is 1. The van der Waals surface area contributed by atoms with Crippen LogP contribution in [0.3, 0.4) is 0 Å². The molecule has 1 fully saturated rings. The second-order valence-corrected chi connectivity index (χ2v) is 7.07. The molecule has 0 spiro atoms. The Morgan fingerprint density at radius 1 is 1.21 bits per heavy atom. The smallest absolute Gasteiger partial charge is 0.0349 e. The summed E-state index contributed by atoms with van der Waals surface area (Å²) in [6.07, 6.45) is 2.58. The largest absolute Gasteiger partial charge is 0.314 e. The normalized spacial score (nSPS) is 18.7. The zero-order valence-electron chi connectivity index (χ0n) is 12.0. The van der Waals surface area contributed by atoms with Crippen molar-refractivity contribution in [1.29, 1.82) is 0 Å². The minimum absolute atomic E-state index is 0.596. The Morgan fingerprint density at radius 2 is 1.95 bits per heavy atom. The van der Waals surface area contributed by atoms with E-state index < -0.39 is 0 Å². The van der Waals surface area contributed by atoms with Gasteiger partial charge in [0.25, 0.3) is 0 Å². The van der Waals surface area contributed by atoms with E-state index in [0.29, 0.717) is 6.04 Å². The Balaban J connectivity index is 2.12. The standard InChI is InChI=1S/C16H25IN2/c1-13(2)6-7-16(19-10-8-18-9-11-19)14-4-3-5-15(17)12-14/h3-5,12-13,16,18H,6-11H2,1-2H3/t16-/m1/s1. The number of hydrogen-bond acceptors (Lipinski definition) is 2. The van der Waals surface area contributed by atoms with Crippen LogP contribution < -0.4 is 5.32 Å². The van der Waals surface area contributed by atoms with E-state index in [1.165, 1.54) is 35.1 Å². The average molecular weight is 372 g/mol. The molecule has 0 unspecified atom stereocenters. The molecule has 2 rings (SSSR count). The first-order valence-electron chi connectivity index (χ1n) is 7.37. The predicted octanol–water partition coefficient (Wildman–Crippen LogP) is 3.67. The first-order chi connectivity index (χ1) is 9.16. The molecule has 19 heavy (non-hydrogen) atoms. The Morgan fingerprint density at radius 3 is 2.58 bits per heavy atom. The molecule has 1 N–H and O–H groups in total. The lowest BCUT2D eigenvalue weighted by molar-refractivity contribution is 0.160. The lowest BCUT2D eigenvalue weighted by atomic mass is 9.96. The van der Waals surface area contributed by atoms with Gasteiger partial charge in [-0.25, -0.2) is 0 Å². The number of nitrogens with zero attached hydrogens (tertiary/aromatic N) is 1. The van der Waals surface area contributed by atoms with Gasteiger partial charge in [-0.15, -0.1) is 0 Å². The maximum atomic E-state index is 3.45. The van der Waals surface area contributed by atoms with E-state index in [0.717, 1.165) is 19.0 Å². The highest BCUT2D eigenvalue weighted by molar-refractivity contribution is 14.1. The van der Waals surface area contributed by atoms with E-state index in [9.17, 15) is 0 Å². The fourth-order valence-electron chi connectivity index (χ4n) is 2.76. The minimum atomic E-state index is 0.596. The number of rotatable bonds is 5. The fourth-order valence-corrected chi connectivity index (χ4v) is 3.33. The Bertz CT molecular complexity index is 386. The number of halogens is 1. The molecule has 1 aliphatic rings. The van der Waals surface area contributed by atoms with E-state index in [-0.39, 0.29) is 0 Å². The molecule has 106 valence electrons. The molecular formula is C16H25IN2. The zero-order valence-corrected chi connectivity index (χ0v) is 14.2. The van der Waals surface area contributed by atoms with Gasteiger partial charge in [0, 0.05) is 35.8 Å². The summed E-state index contributed by atoms with van der Waals surface area (Å²) in [4.78, 5) is 2.66. The summed E-state index contributed by atoms with van der Waals surface area (Å²) in [5.41, 5.74) is 1.49. The highest BCUT2D eigenvalue weighted by Gasteiger charge is 2.22. The van der Waals surface area contributed by atoms with E-state index in [2.05, 4.69) is 70.9 Å². The molecule has 1 aliphatic heterocycles. The summed E-state index contributed by atoms with van der Waals surface area (Å²) in [6.45, 7) is 9.25. The predicted molar refractivity (Wildman–Crippen MR) is 90.4 cm³/mol. The second-order valence-electron chi connectivity index (χ2n) is 5.83. The molecule has 0 aliphatic carbocycles. The highest BCUT2D eigenvalue weighted by atomic mass is 127. The minimum Gasteiger partial charge on any atom is -0.314 e. The van der Waals surface area contributed by atoms with Crippen LogP contribution in [-0.4, -0.2) is 31.1 Å². The molecule has 0 aromatic heterocycles. The van der Waals surface area contributed by atoms with E-state index >= 15 is 0 Å².